The second kappa shape index (κ2) is 9.17. The van der Waals surface area contributed by atoms with Crippen molar-refractivity contribution in [3.05, 3.63) is 0 Å². The largest absolute Gasteiger partial charge is 0.316 e. The van der Waals surface area contributed by atoms with Crippen LogP contribution in [-0.2, 0) is 0 Å². The lowest BCUT2D eigenvalue weighted by Gasteiger charge is -2.26. The Morgan fingerprint density at radius 3 is 2.13 bits per heavy atom. The van der Waals surface area contributed by atoms with Crippen LogP contribution in [0.2, 0.25) is 0 Å². The zero-order chi connectivity index (χ0) is 11.7. The summed E-state index contributed by atoms with van der Waals surface area (Å²) in [7, 11) is 0. The number of nitrogens with one attached hydrogen (secondary N) is 1. The van der Waals surface area contributed by atoms with Crippen molar-refractivity contribution in [2.75, 3.05) is 26.2 Å². The summed E-state index contributed by atoms with van der Waals surface area (Å²) in [5, 5.41) is 3.50. The summed E-state index contributed by atoms with van der Waals surface area (Å²) in [5.41, 5.74) is 0. The van der Waals surface area contributed by atoms with Crippen LogP contribution in [0.5, 0.6) is 0 Å². The maximum atomic E-state index is 3.50. The lowest BCUT2D eigenvalue weighted by molar-refractivity contribution is 0.218. The third kappa shape index (κ3) is 7.80. The van der Waals surface area contributed by atoms with E-state index in [-0.39, 0.29) is 0 Å². The molecule has 1 N–H and O–H groups in total. The zero-order valence-corrected chi connectivity index (χ0v) is 11.3. The van der Waals surface area contributed by atoms with E-state index < -0.39 is 0 Å². The van der Waals surface area contributed by atoms with Crippen molar-refractivity contribution in [1.29, 1.82) is 0 Å². The molecule has 2 heteroatoms. The molecule has 0 saturated carbocycles. The van der Waals surface area contributed by atoms with E-state index in [2.05, 4.69) is 44.8 Å². The summed E-state index contributed by atoms with van der Waals surface area (Å²) in [4.78, 5) is 2.53. The van der Waals surface area contributed by atoms with Gasteiger partial charge in [-0.15, -0.1) is 0 Å². The van der Waals surface area contributed by atoms with Gasteiger partial charge in [-0.2, -0.15) is 0 Å². The third-order valence-electron chi connectivity index (χ3n) is 2.96. The first-order valence-corrected chi connectivity index (χ1v) is 6.56. The fourth-order valence-electron chi connectivity index (χ4n) is 1.94. The lowest BCUT2D eigenvalue weighted by atomic mass is 10.1. The maximum absolute atomic E-state index is 3.50. The van der Waals surface area contributed by atoms with Crippen molar-refractivity contribution in [1.82, 2.24) is 10.2 Å². The van der Waals surface area contributed by atoms with Gasteiger partial charge in [0.15, 0.2) is 0 Å². The molecule has 0 aliphatic carbocycles. The van der Waals surface area contributed by atoms with Crippen LogP contribution >= 0.6 is 0 Å². The second-order valence-corrected chi connectivity index (χ2v) is 4.81. The molecule has 0 aliphatic rings. The van der Waals surface area contributed by atoms with Gasteiger partial charge in [0.2, 0.25) is 0 Å². The predicted molar refractivity (Wildman–Crippen MR) is 69.3 cm³/mol. The number of rotatable bonds is 9. The highest BCUT2D eigenvalue weighted by atomic mass is 15.1. The van der Waals surface area contributed by atoms with Gasteiger partial charge in [-0.3, -0.25) is 0 Å². The average Bonchev–Trinajstić information content (AvgIpc) is 2.18. The lowest BCUT2D eigenvalue weighted by Crippen LogP contribution is -2.33. The van der Waals surface area contributed by atoms with Crippen molar-refractivity contribution < 1.29 is 0 Å². The highest BCUT2D eigenvalue weighted by Gasteiger charge is 2.08. The molecule has 0 radical (unpaired) electrons. The summed E-state index contributed by atoms with van der Waals surface area (Å²) in [6, 6.07) is 0.737. The van der Waals surface area contributed by atoms with Gasteiger partial charge in [0.05, 0.1) is 0 Å². The van der Waals surface area contributed by atoms with E-state index in [1.807, 2.05) is 0 Å². The Morgan fingerprint density at radius 1 is 1.07 bits per heavy atom. The standard InChI is InChI=1S/C13H30N2/c1-6-15(7-2)13(5)9-8-10-14-11-12(3)4/h12-14H,6-11H2,1-5H3. The van der Waals surface area contributed by atoms with E-state index in [0.29, 0.717) is 0 Å². The molecule has 0 aliphatic heterocycles. The van der Waals surface area contributed by atoms with Crippen molar-refractivity contribution in [3.63, 3.8) is 0 Å². The molecule has 0 amide bonds. The van der Waals surface area contributed by atoms with Gasteiger partial charge in [-0.25, -0.2) is 0 Å². The number of nitrogens with zero attached hydrogens (tertiary/aromatic N) is 1. The minimum absolute atomic E-state index is 0.737. The first-order valence-electron chi connectivity index (χ1n) is 6.56. The summed E-state index contributed by atoms with van der Waals surface area (Å²) >= 11 is 0. The molecule has 0 saturated heterocycles. The molecule has 0 bridgehead atoms. The third-order valence-corrected chi connectivity index (χ3v) is 2.96. The fraction of sp³-hybridized carbons (Fsp3) is 1.00. The smallest absolute Gasteiger partial charge is 0.00671 e. The van der Waals surface area contributed by atoms with Crippen LogP contribution in [0.3, 0.4) is 0 Å². The SMILES string of the molecule is CCN(CC)C(C)CCCNCC(C)C. The first kappa shape index (κ1) is 14.9. The molecule has 1 unspecified atom stereocenters. The van der Waals surface area contributed by atoms with Crippen LogP contribution in [0.4, 0.5) is 0 Å². The van der Waals surface area contributed by atoms with E-state index in [0.717, 1.165) is 18.5 Å². The van der Waals surface area contributed by atoms with Crippen LogP contribution in [0, 0.1) is 5.92 Å². The highest BCUT2D eigenvalue weighted by molar-refractivity contribution is 4.65. The highest BCUT2D eigenvalue weighted by Crippen LogP contribution is 2.05. The van der Waals surface area contributed by atoms with Gasteiger partial charge in [0.25, 0.3) is 0 Å². The normalized spacial score (nSPS) is 13.8. The van der Waals surface area contributed by atoms with E-state index >= 15 is 0 Å². The van der Waals surface area contributed by atoms with Crippen LogP contribution < -0.4 is 5.32 Å². The van der Waals surface area contributed by atoms with E-state index in [1.165, 1.54) is 32.5 Å². The van der Waals surface area contributed by atoms with E-state index in [4.69, 9.17) is 0 Å². The Balaban J connectivity index is 3.41. The summed E-state index contributed by atoms with van der Waals surface area (Å²) in [5.74, 6) is 0.769. The van der Waals surface area contributed by atoms with Gasteiger partial charge >= 0.3 is 0 Å². The quantitative estimate of drug-likeness (QED) is 0.594. The van der Waals surface area contributed by atoms with Crippen molar-refractivity contribution in [2.45, 2.75) is 53.5 Å². The Kier molecular flexibility index (Phi) is 9.12. The minimum Gasteiger partial charge on any atom is -0.316 e. The summed E-state index contributed by atoms with van der Waals surface area (Å²) < 4.78 is 0. The summed E-state index contributed by atoms with van der Waals surface area (Å²) in [6.45, 7) is 16.0. The first-order chi connectivity index (χ1) is 7.11. The molecule has 0 aromatic rings. The number of hydrogen-bond donors (Lipinski definition) is 1. The van der Waals surface area contributed by atoms with Gasteiger partial charge in [0.1, 0.15) is 0 Å². The average molecular weight is 214 g/mol. The van der Waals surface area contributed by atoms with Gasteiger partial charge < -0.3 is 10.2 Å². The topological polar surface area (TPSA) is 15.3 Å². The molecule has 0 heterocycles. The van der Waals surface area contributed by atoms with Crippen molar-refractivity contribution in [2.24, 2.45) is 5.92 Å². The maximum Gasteiger partial charge on any atom is 0.00671 e. The molecule has 0 spiro atoms. The molecule has 0 rings (SSSR count). The van der Waals surface area contributed by atoms with Gasteiger partial charge in [-0.05, 0) is 51.9 Å². The van der Waals surface area contributed by atoms with Gasteiger partial charge in [-0.1, -0.05) is 27.7 Å². The molecule has 0 fully saturated rings. The van der Waals surface area contributed by atoms with Crippen molar-refractivity contribution in [3.8, 4) is 0 Å². The molecular weight excluding hydrogens is 184 g/mol. The Hall–Kier alpha value is -0.0800. The van der Waals surface area contributed by atoms with Crippen LogP contribution in [0.1, 0.15) is 47.5 Å². The fourth-order valence-corrected chi connectivity index (χ4v) is 1.94. The molecule has 1 atom stereocenters. The second-order valence-electron chi connectivity index (χ2n) is 4.81. The molecular formula is C13H30N2. The molecule has 0 aromatic carbocycles. The van der Waals surface area contributed by atoms with E-state index in [1.54, 1.807) is 0 Å². The molecule has 92 valence electrons. The van der Waals surface area contributed by atoms with Crippen molar-refractivity contribution >= 4 is 0 Å². The molecule has 2 nitrogen and oxygen atoms in total. The minimum atomic E-state index is 0.737. The van der Waals surface area contributed by atoms with E-state index in [9.17, 15) is 0 Å². The van der Waals surface area contributed by atoms with Gasteiger partial charge in [0, 0.05) is 6.04 Å². The zero-order valence-electron chi connectivity index (χ0n) is 11.3. The van der Waals surface area contributed by atoms with Crippen LogP contribution in [-0.4, -0.2) is 37.1 Å². The Morgan fingerprint density at radius 2 is 1.67 bits per heavy atom. The number of hydrogen-bond acceptors (Lipinski definition) is 2. The molecule has 15 heavy (non-hydrogen) atoms. The van der Waals surface area contributed by atoms with Crippen LogP contribution in [0.15, 0.2) is 0 Å². The Labute approximate surface area is 96.4 Å². The summed E-state index contributed by atoms with van der Waals surface area (Å²) in [6.07, 6.45) is 2.61. The Bertz CT molecular complexity index is 130. The van der Waals surface area contributed by atoms with Crippen LogP contribution in [0.25, 0.3) is 0 Å². The molecule has 0 aromatic heterocycles. The predicted octanol–water partition coefficient (Wildman–Crippen LogP) is 2.74. The monoisotopic (exact) mass is 214 g/mol.